The van der Waals surface area contributed by atoms with Crippen molar-refractivity contribution in [3.63, 3.8) is 0 Å². The van der Waals surface area contributed by atoms with Crippen molar-refractivity contribution in [2.24, 2.45) is 5.73 Å². The zero-order valence-corrected chi connectivity index (χ0v) is 11.3. The summed E-state index contributed by atoms with van der Waals surface area (Å²) in [5.41, 5.74) is 6.74. The van der Waals surface area contributed by atoms with Gasteiger partial charge in [0.15, 0.2) is 13.2 Å². The molecule has 0 radical (unpaired) electrons. The van der Waals surface area contributed by atoms with Crippen LogP contribution in [0.1, 0.15) is 11.1 Å². The molecule has 0 saturated carbocycles. The highest BCUT2D eigenvalue weighted by atomic mass is 16.6. The lowest BCUT2D eigenvalue weighted by atomic mass is 10.1. The lowest BCUT2D eigenvalue weighted by Gasteiger charge is -2.08. The third kappa shape index (κ3) is 5.85. The quantitative estimate of drug-likeness (QED) is 0.760. The minimum atomic E-state index is -1.00. The van der Waals surface area contributed by atoms with Gasteiger partial charge in [-0.25, -0.2) is 9.59 Å². The SMILES string of the molecule is Cc1cc(C)cc(OCC(=O)OCC(=O)NC(N)=O)c1. The summed E-state index contributed by atoms with van der Waals surface area (Å²) < 4.78 is 9.85. The van der Waals surface area contributed by atoms with Gasteiger partial charge in [0, 0.05) is 0 Å². The summed E-state index contributed by atoms with van der Waals surface area (Å²) in [5.74, 6) is -0.970. The molecule has 108 valence electrons. The van der Waals surface area contributed by atoms with Gasteiger partial charge in [-0.2, -0.15) is 0 Å². The molecule has 0 aliphatic carbocycles. The summed E-state index contributed by atoms with van der Waals surface area (Å²) in [6.45, 7) is 2.91. The van der Waals surface area contributed by atoms with Gasteiger partial charge in [0.2, 0.25) is 0 Å². The fourth-order valence-electron chi connectivity index (χ4n) is 1.52. The molecule has 7 heteroatoms. The number of rotatable bonds is 5. The van der Waals surface area contributed by atoms with E-state index in [1.54, 1.807) is 17.4 Å². The second-order valence-electron chi connectivity index (χ2n) is 4.19. The molecule has 0 fully saturated rings. The van der Waals surface area contributed by atoms with Crippen molar-refractivity contribution in [1.29, 1.82) is 0 Å². The van der Waals surface area contributed by atoms with E-state index < -0.39 is 24.5 Å². The minimum Gasteiger partial charge on any atom is -0.482 e. The molecule has 0 spiro atoms. The molecular formula is C13H16N2O5. The first-order valence-electron chi connectivity index (χ1n) is 5.83. The topological polar surface area (TPSA) is 108 Å². The second-order valence-corrected chi connectivity index (χ2v) is 4.19. The highest BCUT2D eigenvalue weighted by Gasteiger charge is 2.09. The van der Waals surface area contributed by atoms with Crippen molar-refractivity contribution in [2.75, 3.05) is 13.2 Å². The maximum atomic E-state index is 11.3. The molecule has 20 heavy (non-hydrogen) atoms. The van der Waals surface area contributed by atoms with Crippen molar-refractivity contribution < 1.29 is 23.9 Å². The number of nitrogens with one attached hydrogen (secondary N) is 1. The smallest absolute Gasteiger partial charge is 0.344 e. The standard InChI is InChI=1S/C13H16N2O5/c1-8-3-9(2)5-10(4-8)19-7-12(17)20-6-11(16)15-13(14)18/h3-5H,6-7H2,1-2H3,(H3,14,15,16,18). The number of ether oxygens (including phenoxy) is 2. The Morgan fingerprint density at radius 2 is 1.70 bits per heavy atom. The largest absolute Gasteiger partial charge is 0.482 e. The molecule has 0 unspecified atom stereocenters. The minimum absolute atomic E-state index is 0.327. The maximum absolute atomic E-state index is 11.3. The molecule has 0 bridgehead atoms. The summed E-state index contributed by atoms with van der Waals surface area (Å²) >= 11 is 0. The zero-order chi connectivity index (χ0) is 15.1. The van der Waals surface area contributed by atoms with Gasteiger partial charge in [-0.1, -0.05) is 6.07 Å². The Balaban J connectivity index is 2.36. The van der Waals surface area contributed by atoms with Crippen LogP contribution in [0.15, 0.2) is 18.2 Å². The van der Waals surface area contributed by atoms with E-state index in [9.17, 15) is 14.4 Å². The highest BCUT2D eigenvalue weighted by Crippen LogP contribution is 2.15. The Morgan fingerprint density at radius 3 is 2.25 bits per heavy atom. The van der Waals surface area contributed by atoms with Crippen LogP contribution in [-0.2, 0) is 14.3 Å². The average Bonchev–Trinajstić information content (AvgIpc) is 2.32. The van der Waals surface area contributed by atoms with E-state index in [-0.39, 0.29) is 6.61 Å². The molecule has 0 aliphatic rings. The normalized spacial score (nSPS) is 9.70. The van der Waals surface area contributed by atoms with Crippen molar-refractivity contribution in [1.82, 2.24) is 5.32 Å². The highest BCUT2D eigenvalue weighted by molar-refractivity contribution is 5.94. The number of carbonyl (C=O) groups is 3. The van der Waals surface area contributed by atoms with Crippen LogP contribution in [0.5, 0.6) is 5.75 Å². The second kappa shape index (κ2) is 7.13. The predicted octanol–water partition coefficient (Wildman–Crippen LogP) is 0.420. The Kier molecular flexibility index (Phi) is 5.52. The van der Waals surface area contributed by atoms with Crippen molar-refractivity contribution >= 4 is 17.9 Å². The van der Waals surface area contributed by atoms with Gasteiger partial charge in [0.25, 0.3) is 5.91 Å². The number of carbonyl (C=O) groups excluding carboxylic acids is 3. The first-order chi connectivity index (χ1) is 9.36. The van der Waals surface area contributed by atoms with Crippen LogP contribution >= 0.6 is 0 Å². The first-order valence-corrected chi connectivity index (χ1v) is 5.83. The Labute approximate surface area is 116 Å². The van der Waals surface area contributed by atoms with Gasteiger partial charge in [-0.3, -0.25) is 10.1 Å². The summed E-state index contributed by atoms with van der Waals surface area (Å²) in [4.78, 5) is 32.7. The molecule has 0 atom stereocenters. The summed E-state index contributed by atoms with van der Waals surface area (Å²) in [7, 11) is 0. The Hall–Kier alpha value is -2.57. The van der Waals surface area contributed by atoms with Crippen LogP contribution in [0, 0.1) is 13.8 Å². The van der Waals surface area contributed by atoms with Crippen LogP contribution < -0.4 is 15.8 Å². The van der Waals surface area contributed by atoms with Gasteiger partial charge in [-0.05, 0) is 37.1 Å². The Morgan fingerprint density at radius 1 is 1.10 bits per heavy atom. The molecule has 7 nitrogen and oxygen atoms in total. The van der Waals surface area contributed by atoms with Crippen LogP contribution in [0.3, 0.4) is 0 Å². The number of esters is 1. The van der Waals surface area contributed by atoms with Crippen LogP contribution in [0.25, 0.3) is 0 Å². The van der Waals surface area contributed by atoms with E-state index in [0.29, 0.717) is 5.75 Å². The van der Waals surface area contributed by atoms with Crippen molar-refractivity contribution in [3.8, 4) is 5.75 Å². The molecule has 1 aromatic rings. The zero-order valence-electron chi connectivity index (χ0n) is 11.3. The molecular weight excluding hydrogens is 264 g/mol. The molecule has 0 saturated heterocycles. The van der Waals surface area contributed by atoms with Gasteiger partial charge in [0.05, 0.1) is 0 Å². The number of aryl methyl sites for hydroxylation is 2. The number of imide groups is 1. The Bertz CT molecular complexity index is 507. The third-order valence-corrected chi connectivity index (χ3v) is 2.18. The van der Waals surface area contributed by atoms with Crippen molar-refractivity contribution in [2.45, 2.75) is 13.8 Å². The monoisotopic (exact) mass is 280 g/mol. The van der Waals surface area contributed by atoms with Crippen LogP contribution in [0.4, 0.5) is 4.79 Å². The van der Waals surface area contributed by atoms with Gasteiger partial charge in [-0.15, -0.1) is 0 Å². The number of urea groups is 1. The van der Waals surface area contributed by atoms with E-state index in [1.165, 1.54) is 0 Å². The lowest BCUT2D eigenvalue weighted by molar-refractivity contribution is -0.150. The molecule has 3 amide bonds. The number of hydrogen-bond acceptors (Lipinski definition) is 5. The number of amides is 3. The van der Waals surface area contributed by atoms with Crippen LogP contribution in [-0.4, -0.2) is 31.1 Å². The average molecular weight is 280 g/mol. The molecule has 0 heterocycles. The number of benzene rings is 1. The number of primary amides is 1. The predicted molar refractivity (Wildman–Crippen MR) is 70.1 cm³/mol. The number of hydrogen-bond donors (Lipinski definition) is 2. The summed E-state index contributed by atoms with van der Waals surface area (Å²) in [6, 6.07) is 4.53. The third-order valence-electron chi connectivity index (χ3n) is 2.18. The fourth-order valence-corrected chi connectivity index (χ4v) is 1.52. The molecule has 1 aromatic carbocycles. The summed E-state index contributed by atoms with van der Waals surface area (Å²) in [6.07, 6.45) is 0. The molecule has 0 aliphatic heterocycles. The van der Waals surface area contributed by atoms with E-state index in [2.05, 4.69) is 4.74 Å². The number of nitrogens with two attached hydrogens (primary N) is 1. The van der Waals surface area contributed by atoms with E-state index in [0.717, 1.165) is 11.1 Å². The summed E-state index contributed by atoms with van der Waals surface area (Å²) in [5, 5.41) is 1.77. The lowest BCUT2D eigenvalue weighted by Crippen LogP contribution is -2.38. The molecule has 0 aromatic heterocycles. The van der Waals surface area contributed by atoms with Crippen molar-refractivity contribution in [3.05, 3.63) is 29.3 Å². The van der Waals surface area contributed by atoms with E-state index in [4.69, 9.17) is 10.5 Å². The van der Waals surface area contributed by atoms with Gasteiger partial charge >= 0.3 is 12.0 Å². The van der Waals surface area contributed by atoms with Gasteiger partial charge in [0.1, 0.15) is 5.75 Å². The fraction of sp³-hybridized carbons (Fsp3) is 0.308. The molecule has 3 N–H and O–H groups in total. The van der Waals surface area contributed by atoms with Crippen LogP contribution in [0.2, 0.25) is 0 Å². The first kappa shape index (κ1) is 15.5. The maximum Gasteiger partial charge on any atom is 0.344 e. The van der Waals surface area contributed by atoms with Gasteiger partial charge < -0.3 is 15.2 Å². The van der Waals surface area contributed by atoms with E-state index >= 15 is 0 Å². The molecule has 1 rings (SSSR count). The van der Waals surface area contributed by atoms with E-state index in [1.807, 2.05) is 19.9 Å².